The van der Waals surface area contributed by atoms with Gasteiger partial charge in [0.25, 0.3) is 0 Å². The van der Waals surface area contributed by atoms with E-state index in [2.05, 4.69) is 33.3 Å². The van der Waals surface area contributed by atoms with E-state index in [-0.39, 0.29) is 0 Å². The molecule has 1 rings (SSSR count). The van der Waals surface area contributed by atoms with Crippen LogP contribution in [0.1, 0.15) is 0 Å². The van der Waals surface area contributed by atoms with Crippen molar-refractivity contribution in [3.63, 3.8) is 0 Å². The maximum absolute atomic E-state index is 12.9. The molecular formula is C10H8Cl2F3NO2. The highest BCUT2D eigenvalue weighted by Crippen LogP contribution is 2.40. The third-order valence-corrected chi connectivity index (χ3v) is 2.37. The van der Waals surface area contributed by atoms with Crippen LogP contribution in [-0.4, -0.2) is 23.2 Å². The van der Waals surface area contributed by atoms with Crippen molar-refractivity contribution >= 4 is 35.0 Å². The lowest BCUT2D eigenvalue weighted by Crippen LogP contribution is -2.40. The van der Waals surface area contributed by atoms with Gasteiger partial charge in [-0.15, -0.1) is 0 Å². The molecule has 0 radical (unpaired) electrons. The highest BCUT2D eigenvalue weighted by atomic mass is 35.5. The van der Waals surface area contributed by atoms with Crippen molar-refractivity contribution in [1.29, 1.82) is 0 Å². The molecule has 18 heavy (non-hydrogen) atoms. The lowest BCUT2D eigenvalue weighted by molar-refractivity contribution is -0.0968. The second kappa shape index (κ2) is 5.67. The first kappa shape index (κ1) is 14.9. The quantitative estimate of drug-likeness (QED) is 0.855. The number of para-hydroxylation sites is 1. The highest BCUT2D eigenvalue weighted by molar-refractivity contribution is 6.47. The van der Waals surface area contributed by atoms with Gasteiger partial charge in [0.1, 0.15) is 0 Å². The molecule has 0 fully saturated rings. The van der Waals surface area contributed by atoms with E-state index in [0.29, 0.717) is 5.69 Å². The van der Waals surface area contributed by atoms with Crippen LogP contribution in [0.25, 0.3) is 0 Å². The fourth-order valence-corrected chi connectivity index (χ4v) is 1.02. The Balaban J connectivity index is 2.48. The molecule has 0 saturated heterocycles. The van der Waals surface area contributed by atoms with E-state index in [0.717, 1.165) is 0 Å². The number of ether oxygens (including phenoxy) is 1. The Hall–Kier alpha value is -1.14. The summed E-state index contributed by atoms with van der Waals surface area (Å²) in [5, 5.41) is 2.16. The van der Waals surface area contributed by atoms with Crippen LogP contribution in [0, 0.1) is 0 Å². The van der Waals surface area contributed by atoms with E-state index in [4.69, 9.17) is 0 Å². The fraction of sp³-hybridized carbons (Fsp3) is 0.300. The highest BCUT2D eigenvalue weighted by Gasteiger charge is 2.53. The number of hydrogen-bond acceptors (Lipinski definition) is 2. The molecule has 0 aliphatic heterocycles. The topological polar surface area (TPSA) is 38.3 Å². The predicted octanol–water partition coefficient (Wildman–Crippen LogP) is 3.97. The zero-order valence-electron chi connectivity index (χ0n) is 8.80. The molecular weight excluding hydrogens is 294 g/mol. The smallest absolute Gasteiger partial charge is 0.411 e. The molecule has 0 bridgehead atoms. The zero-order valence-corrected chi connectivity index (χ0v) is 10.3. The summed E-state index contributed by atoms with van der Waals surface area (Å²) in [6, 6.07) is 7.97. The molecule has 0 aliphatic carbocycles. The van der Waals surface area contributed by atoms with Gasteiger partial charge in [0.2, 0.25) is 0 Å². The molecule has 0 aromatic heterocycles. The average Bonchev–Trinajstić information content (AvgIpc) is 2.26. The standard InChI is InChI=1S/C10H8Cl2F3NO2/c11-10(12,15)9(13,14)6-18-8(17)16-7-4-2-1-3-5-7/h1-5H,6H2,(H,16,17). The lowest BCUT2D eigenvalue weighted by Gasteiger charge is -2.21. The van der Waals surface area contributed by atoms with Crippen LogP contribution in [-0.2, 0) is 4.74 Å². The number of benzene rings is 1. The number of amides is 1. The Morgan fingerprint density at radius 3 is 2.28 bits per heavy atom. The number of nitrogens with one attached hydrogen (secondary N) is 1. The summed E-state index contributed by atoms with van der Waals surface area (Å²) in [5.41, 5.74) is 0.342. The van der Waals surface area contributed by atoms with Gasteiger partial charge >= 0.3 is 16.6 Å². The summed E-state index contributed by atoms with van der Waals surface area (Å²) in [7, 11) is 0. The minimum Gasteiger partial charge on any atom is -0.443 e. The van der Waals surface area contributed by atoms with Crippen molar-refractivity contribution in [3.05, 3.63) is 30.3 Å². The Kier molecular flexibility index (Phi) is 4.70. The van der Waals surface area contributed by atoms with Crippen LogP contribution in [0.3, 0.4) is 0 Å². The number of carbonyl (C=O) groups excluding carboxylic acids is 1. The van der Waals surface area contributed by atoms with Crippen molar-refractivity contribution < 1.29 is 22.7 Å². The third kappa shape index (κ3) is 4.27. The first-order valence-electron chi connectivity index (χ1n) is 4.66. The number of anilines is 1. The molecule has 0 aliphatic rings. The van der Waals surface area contributed by atoms with Gasteiger partial charge in [-0.3, -0.25) is 5.32 Å². The van der Waals surface area contributed by atoms with Crippen molar-refractivity contribution in [2.24, 2.45) is 0 Å². The molecule has 1 N–H and O–H groups in total. The lowest BCUT2D eigenvalue weighted by atomic mass is 10.3. The Morgan fingerprint density at radius 2 is 1.78 bits per heavy atom. The van der Waals surface area contributed by atoms with E-state index in [1.54, 1.807) is 18.2 Å². The van der Waals surface area contributed by atoms with Crippen molar-refractivity contribution in [1.82, 2.24) is 0 Å². The Labute approximate surface area is 111 Å². The van der Waals surface area contributed by atoms with Gasteiger partial charge in [-0.25, -0.2) is 9.18 Å². The van der Waals surface area contributed by atoms with Gasteiger partial charge in [-0.2, -0.15) is 8.78 Å². The largest absolute Gasteiger partial charge is 0.443 e. The van der Waals surface area contributed by atoms with Gasteiger partial charge in [-0.1, -0.05) is 41.4 Å². The van der Waals surface area contributed by atoms with Gasteiger partial charge in [0.15, 0.2) is 6.61 Å². The monoisotopic (exact) mass is 301 g/mol. The van der Waals surface area contributed by atoms with E-state index >= 15 is 0 Å². The first-order valence-corrected chi connectivity index (χ1v) is 5.41. The second-order valence-corrected chi connectivity index (χ2v) is 4.50. The predicted molar refractivity (Wildman–Crippen MR) is 61.9 cm³/mol. The number of alkyl halides is 5. The minimum atomic E-state index is -4.20. The second-order valence-electron chi connectivity index (χ2n) is 3.27. The van der Waals surface area contributed by atoms with Crippen molar-refractivity contribution in [2.45, 2.75) is 10.5 Å². The molecule has 100 valence electrons. The van der Waals surface area contributed by atoms with Crippen LogP contribution in [0.4, 0.5) is 23.7 Å². The summed E-state index contributed by atoms with van der Waals surface area (Å²) >= 11 is 9.21. The van der Waals surface area contributed by atoms with Crippen LogP contribution in [0.5, 0.6) is 0 Å². The van der Waals surface area contributed by atoms with Crippen molar-refractivity contribution in [2.75, 3.05) is 11.9 Å². The molecule has 0 spiro atoms. The zero-order chi connectivity index (χ0) is 13.8. The number of rotatable bonds is 4. The Bertz CT molecular complexity index is 409. The summed E-state index contributed by atoms with van der Waals surface area (Å²) in [5.74, 6) is -4.20. The van der Waals surface area contributed by atoms with E-state index in [1.165, 1.54) is 12.1 Å². The maximum atomic E-state index is 12.9. The molecule has 0 atom stereocenters. The molecule has 1 aromatic rings. The fourth-order valence-electron chi connectivity index (χ4n) is 0.913. The van der Waals surface area contributed by atoms with Crippen LogP contribution < -0.4 is 5.32 Å². The normalized spacial score (nSPS) is 12.1. The van der Waals surface area contributed by atoms with Gasteiger partial charge in [-0.05, 0) is 12.1 Å². The van der Waals surface area contributed by atoms with Gasteiger partial charge in [0, 0.05) is 5.69 Å². The number of carbonyl (C=O) groups is 1. The molecule has 1 amide bonds. The van der Waals surface area contributed by atoms with Crippen LogP contribution in [0.2, 0.25) is 0 Å². The summed E-state index contributed by atoms with van der Waals surface area (Å²) in [4.78, 5) is 11.1. The number of halogens is 5. The average molecular weight is 302 g/mol. The molecule has 0 heterocycles. The summed E-state index contributed by atoms with van der Waals surface area (Å²) in [6.45, 7) is -1.57. The van der Waals surface area contributed by atoms with Crippen molar-refractivity contribution in [3.8, 4) is 0 Å². The molecule has 3 nitrogen and oxygen atoms in total. The summed E-state index contributed by atoms with van der Waals surface area (Å²) in [6.07, 6.45) is -1.17. The van der Waals surface area contributed by atoms with Crippen LogP contribution >= 0.6 is 23.2 Å². The summed E-state index contributed by atoms with van der Waals surface area (Å²) < 4.78 is 38.7. The maximum Gasteiger partial charge on any atom is 0.411 e. The van der Waals surface area contributed by atoms with E-state index < -0.39 is 23.2 Å². The van der Waals surface area contributed by atoms with Gasteiger partial charge in [0.05, 0.1) is 0 Å². The van der Waals surface area contributed by atoms with E-state index in [9.17, 15) is 18.0 Å². The first-order chi connectivity index (χ1) is 8.22. The van der Waals surface area contributed by atoms with E-state index in [1.807, 2.05) is 0 Å². The third-order valence-electron chi connectivity index (χ3n) is 1.82. The number of hydrogen-bond donors (Lipinski definition) is 1. The van der Waals surface area contributed by atoms with Crippen LogP contribution in [0.15, 0.2) is 30.3 Å². The molecule has 8 heteroatoms. The minimum absolute atomic E-state index is 0.342. The van der Waals surface area contributed by atoms with Gasteiger partial charge < -0.3 is 4.74 Å². The Morgan fingerprint density at radius 1 is 1.22 bits per heavy atom. The molecule has 1 aromatic carbocycles. The SMILES string of the molecule is O=C(Nc1ccccc1)OCC(F)(F)C(F)(Cl)Cl. The molecule has 0 saturated carbocycles. The molecule has 0 unspecified atom stereocenters.